The minimum absolute atomic E-state index is 0.00619. The zero-order valence-electron chi connectivity index (χ0n) is 22.9. The number of hydrogen-bond donors (Lipinski definition) is 7. The Morgan fingerprint density at radius 3 is 2.68 bits per heavy atom. The summed E-state index contributed by atoms with van der Waals surface area (Å²) >= 11 is 6.21. The van der Waals surface area contributed by atoms with E-state index in [-0.39, 0.29) is 29.7 Å². The van der Waals surface area contributed by atoms with Crippen molar-refractivity contribution in [2.45, 2.75) is 44.7 Å². The van der Waals surface area contributed by atoms with Crippen LogP contribution in [0.1, 0.15) is 43.4 Å². The van der Waals surface area contributed by atoms with Crippen molar-refractivity contribution in [3.63, 3.8) is 0 Å². The van der Waals surface area contributed by atoms with Crippen LogP contribution in [0.5, 0.6) is 0 Å². The van der Waals surface area contributed by atoms with Crippen LogP contribution in [-0.2, 0) is 6.42 Å². The fourth-order valence-corrected chi connectivity index (χ4v) is 4.88. The average Bonchev–Trinajstić information content (AvgIpc) is 3.36. The maximum absolute atomic E-state index is 15.1. The van der Waals surface area contributed by atoms with Crippen LogP contribution in [0.25, 0.3) is 28.0 Å². The molecule has 0 aliphatic carbocycles. The van der Waals surface area contributed by atoms with Crippen molar-refractivity contribution in [1.29, 1.82) is 5.41 Å². The Morgan fingerprint density at radius 2 is 1.98 bits per heavy atom. The van der Waals surface area contributed by atoms with Gasteiger partial charge in [0.15, 0.2) is 11.8 Å². The number of nitrogens with one attached hydrogen (secondary N) is 4. The topological polar surface area (TPSA) is 171 Å². The highest BCUT2D eigenvalue weighted by Crippen LogP contribution is 2.31. The van der Waals surface area contributed by atoms with Gasteiger partial charge in [-0.1, -0.05) is 23.7 Å². The molecule has 41 heavy (non-hydrogen) atoms. The van der Waals surface area contributed by atoms with Crippen molar-refractivity contribution >= 4 is 28.6 Å². The third-order valence-corrected chi connectivity index (χ3v) is 7.23. The second-order valence-corrected chi connectivity index (χ2v) is 10.5. The second kappa shape index (κ2) is 13.7. The number of guanidine groups is 1. The minimum Gasteiger partial charge on any atom is -0.395 e. The molecule has 2 aromatic carbocycles. The molecule has 2 atom stereocenters. The van der Waals surface area contributed by atoms with Crippen molar-refractivity contribution in [2.24, 2.45) is 11.5 Å². The van der Waals surface area contributed by atoms with Gasteiger partial charge in [0.2, 0.25) is 0 Å². The lowest BCUT2D eigenvalue weighted by atomic mass is 10.0. The lowest BCUT2D eigenvalue weighted by Gasteiger charge is -2.15. The molecule has 2 aromatic heterocycles. The minimum atomic E-state index is -0.558. The quantitative estimate of drug-likeness (QED) is 0.0719. The zero-order chi connectivity index (χ0) is 29.5. The standard InChI is InChI=1S/C29H36ClFN8O2/c1-17(35-10-3-11-36-28(33)34)19-6-8-22(9-7-19)39-15-20-14-25(37-27(20)38-29(39)41)23-12-18(13-24(30)26(23)31)4-2-5-21(32)16-40/h6-9,12-15,17,21,35,40H,2-5,10-11,16,32H2,1H3,(H4,33,34,36)(H,37,38,41)/t17-,21-/m0/s1. The first-order chi connectivity index (χ1) is 19.7. The number of aliphatic hydroxyl groups is 1. The van der Waals surface area contributed by atoms with Crippen LogP contribution in [0.3, 0.4) is 0 Å². The number of aryl methyl sites for hydroxylation is 1. The highest BCUT2D eigenvalue weighted by Gasteiger charge is 2.16. The monoisotopic (exact) mass is 582 g/mol. The van der Waals surface area contributed by atoms with Gasteiger partial charge >= 0.3 is 5.69 Å². The Morgan fingerprint density at radius 1 is 1.22 bits per heavy atom. The summed E-state index contributed by atoms with van der Waals surface area (Å²) in [6.45, 7) is 3.35. The van der Waals surface area contributed by atoms with E-state index in [9.17, 15) is 4.79 Å². The first kappa shape index (κ1) is 30.2. The Kier molecular flexibility index (Phi) is 10.1. The molecule has 0 bridgehead atoms. The third-order valence-electron chi connectivity index (χ3n) is 6.95. The molecule has 0 aliphatic rings. The molecular formula is C29H36ClFN8O2. The van der Waals surface area contributed by atoms with Crippen LogP contribution in [0.2, 0.25) is 5.02 Å². The van der Waals surface area contributed by atoms with Crippen molar-refractivity contribution < 1.29 is 9.50 Å². The van der Waals surface area contributed by atoms with Gasteiger partial charge in [0.25, 0.3) is 0 Å². The van der Waals surface area contributed by atoms with E-state index >= 15 is 4.39 Å². The Hall–Kier alpha value is -3.77. The van der Waals surface area contributed by atoms with Gasteiger partial charge in [-0.2, -0.15) is 4.98 Å². The van der Waals surface area contributed by atoms with Crippen molar-refractivity contribution in [3.05, 3.63) is 81.1 Å². The van der Waals surface area contributed by atoms with Gasteiger partial charge in [-0.15, -0.1) is 0 Å². The van der Waals surface area contributed by atoms with Crippen LogP contribution in [0, 0.1) is 11.2 Å². The van der Waals surface area contributed by atoms with Crippen LogP contribution < -0.4 is 27.8 Å². The van der Waals surface area contributed by atoms with E-state index in [1.54, 1.807) is 24.4 Å². The fraction of sp³-hybridized carbons (Fsp3) is 0.345. The summed E-state index contributed by atoms with van der Waals surface area (Å²) in [5.74, 6) is -0.594. The van der Waals surface area contributed by atoms with Gasteiger partial charge in [0.1, 0.15) is 5.65 Å². The Labute approximate surface area is 242 Å². The predicted octanol–water partition coefficient (Wildman–Crippen LogP) is 3.34. The van der Waals surface area contributed by atoms with E-state index in [1.807, 2.05) is 24.3 Å². The molecule has 4 rings (SSSR count). The highest BCUT2D eigenvalue weighted by atomic mass is 35.5. The van der Waals surface area contributed by atoms with Gasteiger partial charge in [0, 0.05) is 35.8 Å². The normalized spacial score (nSPS) is 12.9. The number of aliphatic hydroxyl groups excluding tert-OH is 1. The summed E-state index contributed by atoms with van der Waals surface area (Å²) in [5.41, 5.74) is 14.3. The molecule has 0 saturated heterocycles. The molecule has 2 heterocycles. The molecule has 0 unspecified atom stereocenters. The molecule has 0 fully saturated rings. The van der Waals surface area contributed by atoms with E-state index in [0.29, 0.717) is 47.4 Å². The van der Waals surface area contributed by atoms with E-state index in [0.717, 1.165) is 30.5 Å². The Bertz CT molecular complexity index is 1550. The molecule has 218 valence electrons. The number of nitrogens with zero attached hydrogens (tertiary/aromatic N) is 2. The van der Waals surface area contributed by atoms with Crippen molar-refractivity contribution in [2.75, 3.05) is 19.7 Å². The van der Waals surface area contributed by atoms with Gasteiger partial charge in [-0.3, -0.25) is 9.98 Å². The van der Waals surface area contributed by atoms with Crippen LogP contribution in [-0.4, -0.2) is 51.3 Å². The number of halogens is 2. The predicted molar refractivity (Wildman–Crippen MR) is 161 cm³/mol. The lowest BCUT2D eigenvalue weighted by molar-refractivity contribution is 0.258. The summed E-state index contributed by atoms with van der Waals surface area (Å²) in [6.07, 6.45) is 4.50. The summed E-state index contributed by atoms with van der Waals surface area (Å²) in [5, 5.41) is 23.2. The molecule has 0 amide bonds. The third kappa shape index (κ3) is 7.70. The van der Waals surface area contributed by atoms with E-state index in [1.165, 1.54) is 4.57 Å². The van der Waals surface area contributed by atoms with Gasteiger partial charge in [0.05, 0.1) is 23.0 Å². The number of nitrogens with two attached hydrogens (primary N) is 2. The van der Waals surface area contributed by atoms with Gasteiger partial charge in [-0.25, -0.2) is 9.18 Å². The lowest BCUT2D eigenvalue weighted by Crippen LogP contribution is -2.32. The number of H-pyrrole nitrogens is 1. The van der Waals surface area contributed by atoms with Crippen LogP contribution in [0.15, 0.2) is 53.5 Å². The zero-order valence-corrected chi connectivity index (χ0v) is 23.6. The number of hydrogen-bond acceptors (Lipinski definition) is 6. The number of aromatic amines is 1. The highest BCUT2D eigenvalue weighted by molar-refractivity contribution is 6.31. The molecule has 4 aromatic rings. The van der Waals surface area contributed by atoms with E-state index in [4.69, 9.17) is 33.6 Å². The molecule has 0 spiro atoms. The molecule has 9 N–H and O–H groups in total. The number of rotatable bonds is 13. The van der Waals surface area contributed by atoms with Crippen molar-refractivity contribution in [1.82, 2.24) is 25.2 Å². The van der Waals surface area contributed by atoms with Gasteiger partial charge in [-0.05, 0) is 80.6 Å². The molecule has 0 radical (unpaired) electrons. The number of benzene rings is 2. The average molecular weight is 583 g/mol. The molecule has 0 saturated carbocycles. The molecule has 12 heteroatoms. The Balaban J connectivity index is 1.51. The number of fused-ring (bicyclic) bond motifs is 1. The molecular weight excluding hydrogens is 547 g/mol. The summed E-state index contributed by atoms with van der Waals surface area (Å²) < 4.78 is 16.5. The second-order valence-electron chi connectivity index (χ2n) is 10.1. The number of aromatic nitrogens is 3. The van der Waals surface area contributed by atoms with E-state index in [2.05, 4.69) is 27.5 Å². The van der Waals surface area contributed by atoms with E-state index < -0.39 is 11.5 Å². The summed E-state index contributed by atoms with van der Waals surface area (Å²) in [7, 11) is 0. The van der Waals surface area contributed by atoms with Crippen LogP contribution >= 0.6 is 11.6 Å². The molecule has 0 aliphatic heterocycles. The fourth-order valence-electron chi connectivity index (χ4n) is 4.64. The first-order valence-corrected chi connectivity index (χ1v) is 13.9. The molecule has 10 nitrogen and oxygen atoms in total. The maximum atomic E-state index is 15.1. The smallest absolute Gasteiger partial charge is 0.354 e. The SMILES string of the molecule is C[C@H](NCCCNC(=N)N)c1ccc(-n2cc3cc(-c4cc(CCC[C@H](N)CO)cc(Cl)c4F)[nH]c3nc2=O)cc1. The van der Waals surface area contributed by atoms with Crippen molar-refractivity contribution in [3.8, 4) is 16.9 Å². The van der Waals surface area contributed by atoms with Gasteiger partial charge < -0.3 is 32.2 Å². The van der Waals surface area contributed by atoms with Crippen LogP contribution in [0.4, 0.5) is 4.39 Å². The summed E-state index contributed by atoms with van der Waals surface area (Å²) in [6, 6.07) is 12.5. The maximum Gasteiger partial charge on any atom is 0.354 e. The first-order valence-electron chi connectivity index (χ1n) is 13.5. The summed E-state index contributed by atoms with van der Waals surface area (Å²) in [4.78, 5) is 20.1. The largest absolute Gasteiger partial charge is 0.395 e.